The second-order valence-electron chi connectivity index (χ2n) is 4.32. The van der Waals surface area contributed by atoms with Crippen LogP contribution in [-0.4, -0.2) is 28.9 Å². The van der Waals surface area contributed by atoms with Crippen LogP contribution in [0.25, 0.3) is 0 Å². The molecular formula is C13H16FNO3. The first-order chi connectivity index (χ1) is 8.40. The van der Waals surface area contributed by atoms with E-state index in [4.69, 9.17) is 5.11 Å². The first kappa shape index (κ1) is 14.2. The standard InChI is InChI=1S/C13H16FNO3/c1-9(13(17)18)7-12(16)15(2)8-10-3-5-11(14)6-4-10/h3-6,9H,7-8H2,1-2H3,(H,17,18). The van der Waals surface area contributed by atoms with Gasteiger partial charge in [0.2, 0.25) is 5.91 Å². The minimum absolute atomic E-state index is 0.0347. The summed E-state index contributed by atoms with van der Waals surface area (Å²) in [7, 11) is 1.60. The number of hydrogen-bond acceptors (Lipinski definition) is 2. The highest BCUT2D eigenvalue weighted by molar-refractivity contribution is 5.81. The van der Waals surface area contributed by atoms with E-state index < -0.39 is 11.9 Å². The van der Waals surface area contributed by atoms with Gasteiger partial charge in [0.05, 0.1) is 5.92 Å². The molecular weight excluding hydrogens is 237 g/mol. The van der Waals surface area contributed by atoms with Gasteiger partial charge in [-0.2, -0.15) is 0 Å². The molecule has 0 aromatic heterocycles. The smallest absolute Gasteiger partial charge is 0.306 e. The zero-order chi connectivity index (χ0) is 13.7. The van der Waals surface area contributed by atoms with Gasteiger partial charge in [0.1, 0.15) is 5.82 Å². The van der Waals surface area contributed by atoms with E-state index in [1.165, 1.54) is 24.0 Å². The van der Waals surface area contributed by atoms with Crippen LogP contribution in [0, 0.1) is 11.7 Å². The van der Waals surface area contributed by atoms with E-state index in [1.54, 1.807) is 19.2 Å². The third kappa shape index (κ3) is 4.16. The van der Waals surface area contributed by atoms with Crippen LogP contribution in [0.4, 0.5) is 4.39 Å². The normalized spacial score (nSPS) is 11.9. The molecule has 0 saturated heterocycles. The van der Waals surface area contributed by atoms with Crippen molar-refractivity contribution in [2.24, 2.45) is 5.92 Å². The van der Waals surface area contributed by atoms with Gasteiger partial charge in [0, 0.05) is 20.0 Å². The lowest BCUT2D eigenvalue weighted by atomic mass is 10.1. The lowest BCUT2D eigenvalue weighted by molar-refractivity contribution is -0.145. The Morgan fingerprint density at radius 3 is 2.39 bits per heavy atom. The molecule has 1 aromatic carbocycles. The number of halogens is 1. The number of carboxylic acid groups (broad SMARTS) is 1. The van der Waals surface area contributed by atoms with E-state index in [9.17, 15) is 14.0 Å². The number of benzene rings is 1. The van der Waals surface area contributed by atoms with Crippen molar-refractivity contribution < 1.29 is 19.1 Å². The third-order valence-electron chi connectivity index (χ3n) is 2.66. The Hall–Kier alpha value is -1.91. The molecule has 0 bridgehead atoms. The molecule has 0 aliphatic rings. The van der Waals surface area contributed by atoms with Gasteiger partial charge in [-0.1, -0.05) is 19.1 Å². The van der Waals surface area contributed by atoms with Crippen LogP contribution in [0.2, 0.25) is 0 Å². The van der Waals surface area contributed by atoms with Crippen LogP contribution >= 0.6 is 0 Å². The maximum atomic E-state index is 12.7. The summed E-state index contributed by atoms with van der Waals surface area (Å²) in [5.74, 6) is -2.26. The van der Waals surface area contributed by atoms with Crippen molar-refractivity contribution in [3.63, 3.8) is 0 Å². The quantitative estimate of drug-likeness (QED) is 0.871. The number of hydrogen-bond donors (Lipinski definition) is 1. The fourth-order valence-electron chi connectivity index (χ4n) is 1.46. The molecule has 4 nitrogen and oxygen atoms in total. The van der Waals surface area contributed by atoms with Crippen molar-refractivity contribution in [3.8, 4) is 0 Å². The fraction of sp³-hybridized carbons (Fsp3) is 0.385. The molecule has 1 aromatic rings. The second-order valence-corrected chi connectivity index (χ2v) is 4.32. The average Bonchev–Trinajstić information content (AvgIpc) is 2.31. The molecule has 1 amide bonds. The highest BCUT2D eigenvalue weighted by atomic mass is 19.1. The van der Waals surface area contributed by atoms with Crippen molar-refractivity contribution in [1.29, 1.82) is 0 Å². The van der Waals surface area contributed by atoms with Crippen LogP contribution in [0.5, 0.6) is 0 Å². The van der Waals surface area contributed by atoms with Gasteiger partial charge in [-0.3, -0.25) is 9.59 Å². The zero-order valence-corrected chi connectivity index (χ0v) is 10.4. The zero-order valence-electron chi connectivity index (χ0n) is 10.4. The lowest BCUT2D eigenvalue weighted by Crippen LogP contribution is -2.29. The molecule has 18 heavy (non-hydrogen) atoms. The van der Waals surface area contributed by atoms with E-state index >= 15 is 0 Å². The number of carboxylic acids is 1. The van der Waals surface area contributed by atoms with Crippen molar-refractivity contribution in [2.45, 2.75) is 19.9 Å². The van der Waals surface area contributed by atoms with Crippen LogP contribution in [0.1, 0.15) is 18.9 Å². The Morgan fingerprint density at radius 2 is 1.89 bits per heavy atom. The Kier molecular flexibility index (Phi) is 4.83. The van der Waals surface area contributed by atoms with Crippen LogP contribution < -0.4 is 0 Å². The van der Waals surface area contributed by atoms with Crippen molar-refractivity contribution in [2.75, 3.05) is 7.05 Å². The molecule has 0 fully saturated rings. The van der Waals surface area contributed by atoms with Gasteiger partial charge < -0.3 is 10.0 Å². The van der Waals surface area contributed by atoms with Gasteiger partial charge in [-0.25, -0.2) is 4.39 Å². The van der Waals surface area contributed by atoms with Gasteiger partial charge in [-0.05, 0) is 17.7 Å². The largest absolute Gasteiger partial charge is 0.481 e. The number of rotatable bonds is 5. The van der Waals surface area contributed by atoms with Gasteiger partial charge in [0.15, 0.2) is 0 Å². The molecule has 0 spiro atoms. The molecule has 1 N–H and O–H groups in total. The number of aliphatic carboxylic acids is 1. The van der Waals surface area contributed by atoms with E-state index in [0.29, 0.717) is 6.54 Å². The highest BCUT2D eigenvalue weighted by Crippen LogP contribution is 2.09. The first-order valence-corrected chi connectivity index (χ1v) is 5.61. The molecule has 1 rings (SSSR count). The van der Waals surface area contributed by atoms with Crippen LogP contribution in [0.3, 0.4) is 0 Å². The van der Waals surface area contributed by atoms with Crippen molar-refractivity contribution in [3.05, 3.63) is 35.6 Å². The average molecular weight is 253 g/mol. The predicted molar refractivity (Wildman–Crippen MR) is 64.3 cm³/mol. The summed E-state index contributed by atoms with van der Waals surface area (Å²) in [6, 6.07) is 5.85. The molecule has 0 aliphatic carbocycles. The summed E-state index contributed by atoms with van der Waals surface area (Å²) >= 11 is 0. The van der Waals surface area contributed by atoms with Crippen molar-refractivity contribution >= 4 is 11.9 Å². The molecule has 1 unspecified atom stereocenters. The Morgan fingerprint density at radius 1 is 1.33 bits per heavy atom. The molecule has 0 aliphatic heterocycles. The summed E-state index contributed by atoms with van der Waals surface area (Å²) in [6.45, 7) is 1.83. The van der Waals surface area contributed by atoms with E-state index in [0.717, 1.165) is 5.56 Å². The molecule has 0 saturated carbocycles. The Bertz CT molecular complexity index is 430. The fourth-order valence-corrected chi connectivity index (χ4v) is 1.46. The first-order valence-electron chi connectivity index (χ1n) is 5.61. The minimum Gasteiger partial charge on any atom is -0.481 e. The summed E-state index contributed by atoms with van der Waals surface area (Å²) in [5.41, 5.74) is 0.801. The van der Waals surface area contributed by atoms with Crippen LogP contribution in [0.15, 0.2) is 24.3 Å². The second kappa shape index (κ2) is 6.14. The summed E-state index contributed by atoms with van der Waals surface area (Å²) in [4.78, 5) is 23.8. The van der Waals surface area contributed by atoms with Gasteiger partial charge >= 0.3 is 5.97 Å². The van der Waals surface area contributed by atoms with Crippen molar-refractivity contribution in [1.82, 2.24) is 4.90 Å². The van der Waals surface area contributed by atoms with E-state index in [-0.39, 0.29) is 18.1 Å². The number of nitrogens with zero attached hydrogens (tertiary/aromatic N) is 1. The molecule has 5 heteroatoms. The van der Waals surface area contributed by atoms with Crippen LogP contribution in [-0.2, 0) is 16.1 Å². The van der Waals surface area contributed by atoms with Gasteiger partial charge in [-0.15, -0.1) is 0 Å². The molecule has 0 heterocycles. The topological polar surface area (TPSA) is 57.6 Å². The summed E-state index contributed by atoms with van der Waals surface area (Å²) < 4.78 is 12.7. The predicted octanol–water partition coefficient (Wildman–Crippen LogP) is 1.89. The maximum Gasteiger partial charge on any atom is 0.306 e. The van der Waals surface area contributed by atoms with Gasteiger partial charge in [0.25, 0.3) is 0 Å². The third-order valence-corrected chi connectivity index (χ3v) is 2.66. The number of carbonyl (C=O) groups excluding carboxylic acids is 1. The summed E-state index contributed by atoms with van der Waals surface area (Å²) in [5, 5.41) is 8.72. The lowest BCUT2D eigenvalue weighted by Gasteiger charge is -2.18. The number of carbonyl (C=O) groups is 2. The number of amides is 1. The monoisotopic (exact) mass is 253 g/mol. The Balaban J connectivity index is 2.54. The molecule has 1 atom stereocenters. The maximum absolute atomic E-state index is 12.7. The summed E-state index contributed by atoms with van der Waals surface area (Å²) in [6.07, 6.45) is -0.0347. The minimum atomic E-state index is -0.987. The van der Waals surface area contributed by atoms with E-state index in [1.807, 2.05) is 0 Å². The molecule has 0 radical (unpaired) electrons. The SMILES string of the molecule is CC(CC(=O)N(C)Cc1ccc(F)cc1)C(=O)O. The van der Waals surface area contributed by atoms with E-state index in [2.05, 4.69) is 0 Å². The Labute approximate surface area is 105 Å². The highest BCUT2D eigenvalue weighted by Gasteiger charge is 2.18. The molecule has 98 valence electrons.